The Kier molecular flexibility index (Phi) is 9.15. The number of carbonyl (C=O) groups excluding carboxylic acids is 2. The molecule has 2 amide bonds. The fourth-order valence-corrected chi connectivity index (χ4v) is 4.96. The van der Waals surface area contributed by atoms with E-state index in [1.165, 1.54) is 34.7 Å². The summed E-state index contributed by atoms with van der Waals surface area (Å²) < 4.78 is 14.3. The highest BCUT2D eigenvalue weighted by atomic mass is 32.2. The van der Waals surface area contributed by atoms with Crippen LogP contribution < -0.4 is 5.32 Å². The van der Waals surface area contributed by atoms with Gasteiger partial charge in [0.15, 0.2) is 0 Å². The zero-order chi connectivity index (χ0) is 22.9. The number of hydrogen-bond acceptors (Lipinski definition) is 3. The van der Waals surface area contributed by atoms with Crippen LogP contribution in [-0.4, -0.2) is 34.6 Å². The molecule has 1 fully saturated rings. The largest absolute Gasteiger partial charge is 0.352 e. The number of aryl methyl sites for hydroxylation is 1. The summed E-state index contributed by atoms with van der Waals surface area (Å²) in [6, 6.07) is 14.1. The van der Waals surface area contributed by atoms with Crippen LogP contribution in [0.15, 0.2) is 48.5 Å². The van der Waals surface area contributed by atoms with E-state index in [0.29, 0.717) is 11.3 Å². The van der Waals surface area contributed by atoms with Crippen LogP contribution in [0.2, 0.25) is 0 Å². The molecule has 0 saturated heterocycles. The Balaban J connectivity index is 1.66. The number of thioether (sulfide) groups is 1. The van der Waals surface area contributed by atoms with Crippen molar-refractivity contribution >= 4 is 23.6 Å². The Bertz CT molecular complexity index is 914. The van der Waals surface area contributed by atoms with Crippen LogP contribution in [-0.2, 0) is 21.9 Å². The van der Waals surface area contributed by atoms with Gasteiger partial charge in [-0.15, -0.1) is 11.8 Å². The Morgan fingerprint density at radius 1 is 1.12 bits per heavy atom. The molecule has 2 aromatic carbocycles. The summed E-state index contributed by atoms with van der Waals surface area (Å²) in [5.74, 6) is 0.271. The summed E-state index contributed by atoms with van der Waals surface area (Å²) in [7, 11) is 0. The second kappa shape index (κ2) is 12.0. The molecule has 0 bridgehead atoms. The molecule has 172 valence electrons. The van der Waals surface area contributed by atoms with Crippen molar-refractivity contribution in [1.29, 1.82) is 0 Å². The summed E-state index contributed by atoms with van der Waals surface area (Å²) in [4.78, 5) is 27.6. The average Bonchev–Trinajstić information content (AvgIpc) is 2.78. The minimum Gasteiger partial charge on any atom is -0.352 e. The molecule has 0 heterocycles. The molecule has 0 aromatic heterocycles. The highest BCUT2D eigenvalue weighted by molar-refractivity contribution is 7.99. The molecule has 1 aliphatic carbocycles. The molecular weight excluding hydrogens is 423 g/mol. The quantitative estimate of drug-likeness (QED) is 0.562. The predicted molar refractivity (Wildman–Crippen MR) is 129 cm³/mol. The van der Waals surface area contributed by atoms with Crippen molar-refractivity contribution in [1.82, 2.24) is 10.2 Å². The van der Waals surface area contributed by atoms with Crippen LogP contribution in [0.3, 0.4) is 0 Å². The number of hydrogen-bond donors (Lipinski definition) is 1. The number of halogens is 1. The molecule has 1 unspecified atom stereocenters. The lowest BCUT2D eigenvalue weighted by atomic mass is 9.95. The van der Waals surface area contributed by atoms with E-state index < -0.39 is 6.04 Å². The van der Waals surface area contributed by atoms with E-state index in [4.69, 9.17) is 0 Å². The van der Waals surface area contributed by atoms with Crippen LogP contribution in [0.1, 0.15) is 55.7 Å². The van der Waals surface area contributed by atoms with E-state index in [1.54, 1.807) is 25.1 Å². The predicted octanol–water partition coefficient (Wildman–Crippen LogP) is 5.23. The van der Waals surface area contributed by atoms with Crippen LogP contribution >= 0.6 is 11.8 Å². The van der Waals surface area contributed by atoms with Gasteiger partial charge in [0.1, 0.15) is 11.9 Å². The Labute approximate surface area is 195 Å². The molecule has 32 heavy (non-hydrogen) atoms. The monoisotopic (exact) mass is 456 g/mol. The molecule has 1 saturated carbocycles. The first-order chi connectivity index (χ1) is 15.4. The number of carbonyl (C=O) groups is 2. The van der Waals surface area contributed by atoms with E-state index in [9.17, 15) is 14.0 Å². The Morgan fingerprint density at radius 3 is 2.59 bits per heavy atom. The van der Waals surface area contributed by atoms with E-state index in [1.807, 2.05) is 25.1 Å². The van der Waals surface area contributed by atoms with Gasteiger partial charge < -0.3 is 10.2 Å². The van der Waals surface area contributed by atoms with Crippen molar-refractivity contribution in [3.63, 3.8) is 0 Å². The summed E-state index contributed by atoms with van der Waals surface area (Å²) in [6.45, 7) is 3.86. The first kappa shape index (κ1) is 24.3. The number of nitrogens with zero attached hydrogens (tertiary/aromatic N) is 1. The maximum Gasteiger partial charge on any atom is 0.242 e. The van der Waals surface area contributed by atoms with Gasteiger partial charge in [0.25, 0.3) is 0 Å². The molecule has 0 aliphatic heterocycles. The van der Waals surface area contributed by atoms with Gasteiger partial charge in [-0.05, 0) is 38.3 Å². The molecule has 2 aromatic rings. The maximum atomic E-state index is 14.3. The zero-order valence-electron chi connectivity index (χ0n) is 19.0. The molecule has 1 N–H and O–H groups in total. The number of amides is 2. The van der Waals surface area contributed by atoms with Crippen LogP contribution in [0.4, 0.5) is 4.39 Å². The van der Waals surface area contributed by atoms with Gasteiger partial charge in [-0.25, -0.2) is 4.39 Å². The molecular formula is C26H33FN2O2S. The van der Waals surface area contributed by atoms with Gasteiger partial charge in [-0.1, -0.05) is 67.3 Å². The van der Waals surface area contributed by atoms with E-state index in [0.717, 1.165) is 31.2 Å². The van der Waals surface area contributed by atoms with Crippen molar-refractivity contribution in [3.05, 3.63) is 71.0 Å². The standard InChI is InChI=1S/C26H33FN2O2S/c1-19-9-8-10-21(15-19)17-32-18-25(30)29(16-22-11-6-7-14-24(22)27)20(2)26(31)28-23-12-4-3-5-13-23/h6-11,14-15,20,23H,3-5,12-13,16-18H2,1-2H3,(H,28,31). The van der Waals surface area contributed by atoms with Crippen LogP contribution in [0.5, 0.6) is 0 Å². The summed E-state index contributed by atoms with van der Waals surface area (Å²) >= 11 is 1.51. The third-order valence-corrected chi connectivity index (χ3v) is 6.98. The maximum absolute atomic E-state index is 14.3. The summed E-state index contributed by atoms with van der Waals surface area (Å²) in [6.07, 6.45) is 5.40. The third-order valence-electron chi connectivity index (χ3n) is 5.99. The lowest BCUT2D eigenvalue weighted by Gasteiger charge is -2.31. The topological polar surface area (TPSA) is 49.4 Å². The lowest BCUT2D eigenvalue weighted by molar-refractivity contribution is -0.139. The Morgan fingerprint density at radius 2 is 1.88 bits per heavy atom. The fraction of sp³-hybridized carbons (Fsp3) is 0.462. The van der Waals surface area contributed by atoms with Gasteiger partial charge in [-0.3, -0.25) is 9.59 Å². The number of rotatable bonds is 9. The molecule has 0 spiro atoms. The van der Waals surface area contributed by atoms with E-state index >= 15 is 0 Å². The van der Waals surface area contributed by atoms with Crippen molar-refractivity contribution in [2.45, 2.75) is 70.3 Å². The van der Waals surface area contributed by atoms with E-state index in [2.05, 4.69) is 11.4 Å². The minimum absolute atomic E-state index is 0.0791. The lowest BCUT2D eigenvalue weighted by Crippen LogP contribution is -2.51. The highest BCUT2D eigenvalue weighted by Gasteiger charge is 2.28. The first-order valence-electron chi connectivity index (χ1n) is 11.4. The summed E-state index contributed by atoms with van der Waals surface area (Å²) in [5.41, 5.74) is 2.76. The van der Waals surface area contributed by atoms with Crippen molar-refractivity contribution in [2.75, 3.05) is 5.75 Å². The Hall–Kier alpha value is -2.34. The fourth-order valence-electron chi connectivity index (χ4n) is 4.10. The van der Waals surface area contributed by atoms with Crippen molar-refractivity contribution < 1.29 is 14.0 Å². The second-order valence-corrected chi connectivity index (χ2v) is 9.60. The highest BCUT2D eigenvalue weighted by Crippen LogP contribution is 2.20. The molecule has 0 radical (unpaired) electrons. The van der Waals surface area contributed by atoms with Gasteiger partial charge in [0.2, 0.25) is 11.8 Å². The SMILES string of the molecule is Cc1cccc(CSCC(=O)N(Cc2ccccc2F)C(C)C(=O)NC2CCCCC2)c1. The van der Waals surface area contributed by atoms with Crippen LogP contribution in [0, 0.1) is 12.7 Å². The van der Waals surface area contributed by atoms with Gasteiger partial charge in [0, 0.05) is 23.9 Å². The molecule has 1 aliphatic rings. The van der Waals surface area contributed by atoms with Gasteiger partial charge in [0.05, 0.1) is 5.75 Å². The van der Waals surface area contributed by atoms with Crippen molar-refractivity contribution in [2.24, 2.45) is 0 Å². The van der Waals surface area contributed by atoms with Crippen molar-refractivity contribution in [3.8, 4) is 0 Å². The average molecular weight is 457 g/mol. The second-order valence-electron chi connectivity index (χ2n) is 8.61. The minimum atomic E-state index is -0.663. The number of benzene rings is 2. The normalized spacial score (nSPS) is 15.2. The molecule has 4 nitrogen and oxygen atoms in total. The third kappa shape index (κ3) is 7.09. The number of nitrogens with one attached hydrogen (secondary N) is 1. The van der Waals surface area contributed by atoms with Gasteiger partial charge >= 0.3 is 0 Å². The molecule has 6 heteroatoms. The molecule has 3 rings (SSSR count). The smallest absolute Gasteiger partial charge is 0.242 e. The van der Waals surface area contributed by atoms with Gasteiger partial charge in [-0.2, -0.15) is 0 Å². The molecule has 1 atom stereocenters. The first-order valence-corrected chi connectivity index (χ1v) is 12.6. The zero-order valence-corrected chi connectivity index (χ0v) is 19.8. The van der Waals surface area contributed by atoms with E-state index in [-0.39, 0.29) is 36.0 Å². The van der Waals surface area contributed by atoms with Crippen LogP contribution in [0.25, 0.3) is 0 Å². The summed E-state index contributed by atoms with van der Waals surface area (Å²) in [5, 5.41) is 3.11.